The molecule has 104 valence electrons. The van der Waals surface area contributed by atoms with Gasteiger partial charge in [0, 0.05) is 23.6 Å². The van der Waals surface area contributed by atoms with Gasteiger partial charge in [-0.05, 0) is 23.8 Å². The summed E-state index contributed by atoms with van der Waals surface area (Å²) in [5.41, 5.74) is -0.772. The molecule has 0 unspecified atom stereocenters. The van der Waals surface area contributed by atoms with Crippen molar-refractivity contribution < 1.29 is 22.4 Å². The molecule has 0 saturated carbocycles. The van der Waals surface area contributed by atoms with E-state index in [1.807, 2.05) is 0 Å². The van der Waals surface area contributed by atoms with E-state index in [1.54, 1.807) is 0 Å². The molecule has 1 nitrogen and oxygen atoms in total. The number of hydrogen-bond donors (Lipinski definition) is 0. The van der Waals surface area contributed by atoms with E-state index in [-0.39, 0.29) is 10.6 Å². The van der Waals surface area contributed by atoms with Crippen molar-refractivity contribution in [1.82, 2.24) is 0 Å². The van der Waals surface area contributed by atoms with Gasteiger partial charge in [0.15, 0.2) is 5.78 Å². The summed E-state index contributed by atoms with van der Waals surface area (Å²) in [5.74, 6) is -5.31. The summed E-state index contributed by atoms with van der Waals surface area (Å²) in [7, 11) is 0. The number of carbonyl (C=O) groups excluding carboxylic acids is 1. The van der Waals surface area contributed by atoms with E-state index < -0.39 is 41.0 Å². The molecule has 0 N–H and O–H groups in total. The highest BCUT2D eigenvalue weighted by Crippen LogP contribution is 2.22. The van der Waals surface area contributed by atoms with Crippen molar-refractivity contribution >= 4 is 17.4 Å². The third kappa shape index (κ3) is 2.99. The zero-order valence-corrected chi connectivity index (χ0v) is 10.6. The van der Waals surface area contributed by atoms with Crippen LogP contribution in [0.1, 0.15) is 15.9 Å². The Balaban J connectivity index is 2.36. The summed E-state index contributed by atoms with van der Waals surface area (Å²) in [5, 5.41) is 0.0997. The van der Waals surface area contributed by atoms with Gasteiger partial charge in [-0.25, -0.2) is 17.6 Å². The highest BCUT2D eigenvalue weighted by atomic mass is 35.5. The van der Waals surface area contributed by atoms with Crippen molar-refractivity contribution in [2.45, 2.75) is 6.42 Å². The van der Waals surface area contributed by atoms with Crippen molar-refractivity contribution in [3.05, 3.63) is 69.8 Å². The number of benzene rings is 2. The Kier molecular flexibility index (Phi) is 4.09. The Morgan fingerprint density at radius 2 is 1.55 bits per heavy atom. The molecule has 20 heavy (non-hydrogen) atoms. The van der Waals surface area contributed by atoms with Crippen LogP contribution in [0.15, 0.2) is 30.3 Å². The normalized spacial score (nSPS) is 10.7. The molecule has 0 aliphatic heterocycles. The Morgan fingerprint density at radius 3 is 2.15 bits per heavy atom. The van der Waals surface area contributed by atoms with Crippen molar-refractivity contribution in [2.75, 3.05) is 0 Å². The van der Waals surface area contributed by atoms with E-state index in [0.29, 0.717) is 12.1 Å². The maximum atomic E-state index is 13.4. The second-order valence-corrected chi connectivity index (χ2v) is 4.49. The van der Waals surface area contributed by atoms with Gasteiger partial charge in [-0.1, -0.05) is 11.6 Å². The SMILES string of the molecule is O=C(Cc1cc(F)ccc1Cl)c1c(F)cc(F)cc1F. The van der Waals surface area contributed by atoms with Crippen molar-refractivity contribution in [3.63, 3.8) is 0 Å². The highest BCUT2D eigenvalue weighted by Gasteiger charge is 2.20. The summed E-state index contributed by atoms with van der Waals surface area (Å²) in [6.45, 7) is 0. The predicted octanol–water partition coefficient (Wildman–Crippen LogP) is 4.32. The number of Topliss-reactive ketones (excluding diaryl/α,β-unsaturated/α-hetero) is 1. The first-order chi connectivity index (χ1) is 9.38. The highest BCUT2D eigenvalue weighted by molar-refractivity contribution is 6.31. The van der Waals surface area contributed by atoms with Gasteiger partial charge < -0.3 is 0 Å². The van der Waals surface area contributed by atoms with E-state index in [2.05, 4.69) is 0 Å². The summed E-state index contributed by atoms with van der Waals surface area (Å²) < 4.78 is 52.7. The van der Waals surface area contributed by atoms with Crippen LogP contribution in [0.3, 0.4) is 0 Å². The largest absolute Gasteiger partial charge is 0.294 e. The average Bonchev–Trinajstić information content (AvgIpc) is 2.32. The molecule has 2 aromatic carbocycles. The summed E-state index contributed by atoms with van der Waals surface area (Å²) in [4.78, 5) is 11.8. The summed E-state index contributed by atoms with van der Waals surface area (Å²) >= 11 is 5.77. The lowest BCUT2D eigenvalue weighted by molar-refractivity contribution is 0.0984. The van der Waals surface area contributed by atoms with Crippen molar-refractivity contribution in [2.24, 2.45) is 0 Å². The third-order valence-corrected chi connectivity index (χ3v) is 3.01. The van der Waals surface area contributed by atoms with Gasteiger partial charge in [-0.15, -0.1) is 0 Å². The van der Waals surface area contributed by atoms with Crippen LogP contribution < -0.4 is 0 Å². The third-order valence-electron chi connectivity index (χ3n) is 2.64. The van der Waals surface area contributed by atoms with Crippen LogP contribution in [0.25, 0.3) is 0 Å². The van der Waals surface area contributed by atoms with Crippen LogP contribution in [0, 0.1) is 23.3 Å². The maximum Gasteiger partial charge on any atom is 0.173 e. The Bertz CT molecular complexity index is 662. The topological polar surface area (TPSA) is 17.1 Å². The minimum Gasteiger partial charge on any atom is -0.294 e. The molecule has 2 rings (SSSR count). The summed E-state index contributed by atoms with van der Waals surface area (Å²) in [6.07, 6.45) is -0.490. The number of hydrogen-bond acceptors (Lipinski definition) is 1. The lowest BCUT2D eigenvalue weighted by Gasteiger charge is -2.06. The van der Waals surface area contributed by atoms with E-state index in [0.717, 1.165) is 12.1 Å². The van der Waals surface area contributed by atoms with E-state index in [4.69, 9.17) is 11.6 Å². The molecule has 2 aromatic rings. The fraction of sp³-hybridized carbons (Fsp3) is 0.0714. The molecular formula is C14H7ClF4O. The zero-order valence-electron chi connectivity index (χ0n) is 9.89. The van der Waals surface area contributed by atoms with E-state index in [1.165, 1.54) is 6.07 Å². The smallest absolute Gasteiger partial charge is 0.173 e. The van der Waals surface area contributed by atoms with E-state index >= 15 is 0 Å². The molecule has 0 radical (unpaired) electrons. The van der Waals surface area contributed by atoms with Gasteiger partial charge in [0.25, 0.3) is 0 Å². The Morgan fingerprint density at radius 1 is 0.950 bits per heavy atom. The van der Waals surface area contributed by atoms with Crippen LogP contribution >= 0.6 is 11.6 Å². The second kappa shape index (κ2) is 5.63. The number of rotatable bonds is 3. The van der Waals surface area contributed by atoms with E-state index in [9.17, 15) is 22.4 Å². The molecule has 0 aliphatic rings. The van der Waals surface area contributed by atoms with Crippen molar-refractivity contribution in [1.29, 1.82) is 0 Å². The maximum absolute atomic E-state index is 13.4. The minimum atomic E-state index is -1.31. The average molecular weight is 303 g/mol. The number of carbonyl (C=O) groups is 1. The van der Waals surface area contributed by atoms with Crippen LogP contribution in [0.4, 0.5) is 17.6 Å². The van der Waals surface area contributed by atoms with Crippen LogP contribution in [-0.2, 0) is 6.42 Å². The Hall–Kier alpha value is -1.88. The van der Waals surface area contributed by atoms with Crippen LogP contribution in [0.5, 0.6) is 0 Å². The number of halogens is 5. The minimum absolute atomic E-state index is 0.0970. The standard InChI is InChI=1S/C14H7ClF4O/c15-10-2-1-8(16)3-7(10)4-13(20)14-11(18)5-9(17)6-12(14)19/h1-3,5-6H,4H2. The fourth-order valence-corrected chi connectivity index (χ4v) is 1.93. The van der Waals surface area contributed by atoms with Gasteiger partial charge in [-0.3, -0.25) is 4.79 Å². The molecule has 0 saturated heterocycles. The predicted molar refractivity (Wildman–Crippen MR) is 65.8 cm³/mol. The Labute approximate surface area is 116 Å². The first-order valence-corrected chi connectivity index (χ1v) is 5.88. The molecule has 0 amide bonds. The lowest BCUT2D eigenvalue weighted by atomic mass is 10.0. The molecule has 0 heterocycles. The molecule has 0 atom stereocenters. The van der Waals surface area contributed by atoms with Gasteiger partial charge in [-0.2, -0.15) is 0 Å². The monoisotopic (exact) mass is 302 g/mol. The van der Waals surface area contributed by atoms with Gasteiger partial charge >= 0.3 is 0 Å². The first-order valence-electron chi connectivity index (χ1n) is 5.50. The molecule has 0 bridgehead atoms. The zero-order chi connectivity index (χ0) is 14.9. The number of ketones is 1. The second-order valence-electron chi connectivity index (χ2n) is 4.08. The van der Waals surface area contributed by atoms with Crippen LogP contribution in [-0.4, -0.2) is 5.78 Å². The lowest BCUT2D eigenvalue weighted by Crippen LogP contribution is -2.10. The molecule has 0 fully saturated rings. The molecule has 0 spiro atoms. The molecule has 6 heteroatoms. The van der Waals surface area contributed by atoms with Gasteiger partial charge in [0.05, 0.1) is 5.56 Å². The van der Waals surface area contributed by atoms with Gasteiger partial charge in [0.2, 0.25) is 0 Å². The van der Waals surface area contributed by atoms with Crippen LogP contribution in [0.2, 0.25) is 5.02 Å². The first kappa shape index (κ1) is 14.5. The molecule has 0 aliphatic carbocycles. The van der Waals surface area contributed by atoms with Gasteiger partial charge in [0.1, 0.15) is 23.3 Å². The summed E-state index contributed by atoms with van der Waals surface area (Å²) in [6, 6.07) is 4.14. The molecular weight excluding hydrogens is 296 g/mol. The quantitative estimate of drug-likeness (QED) is 0.609. The van der Waals surface area contributed by atoms with Crippen molar-refractivity contribution in [3.8, 4) is 0 Å². The molecule has 0 aromatic heterocycles. The fourth-order valence-electron chi connectivity index (χ4n) is 1.75.